The molecule has 0 aliphatic rings. The Balaban J connectivity index is 2.17. The third-order valence-electron chi connectivity index (χ3n) is 3.66. The molecule has 0 aliphatic heterocycles. The number of esters is 1. The molecule has 0 fully saturated rings. The van der Waals surface area contributed by atoms with Gasteiger partial charge >= 0.3 is 11.7 Å². The molecule has 25 heavy (non-hydrogen) atoms. The second-order valence-electron chi connectivity index (χ2n) is 5.22. The van der Waals surface area contributed by atoms with E-state index >= 15 is 0 Å². The second-order valence-corrected chi connectivity index (χ2v) is 6.01. The SMILES string of the molecule is COC(=O)c1c(OCc2ccccc2)c2ccc(F)c(Br)c2c[n+]1[O-]. The molecular formula is C18H13BrFNO4. The number of halogens is 2. The summed E-state index contributed by atoms with van der Waals surface area (Å²) in [4.78, 5) is 12.1. The van der Waals surface area contributed by atoms with E-state index < -0.39 is 11.8 Å². The predicted molar refractivity (Wildman–Crippen MR) is 92.7 cm³/mol. The molecule has 3 rings (SSSR count). The summed E-state index contributed by atoms with van der Waals surface area (Å²) in [7, 11) is 1.17. The van der Waals surface area contributed by atoms with E-state index in [1.807, 2.05) is 30.3 Å². The maximum Gasteiger partial charge on any atom is 0.408 e. The van der Waals surface area contributed by atoms with Gasteiger partial charge in [0.15, 0.2) is 6.20 Å². The Labute approximate surface area is 151 Å². The Hall–Kier alpha value is -2.67. The van der Waals surface area contributed by atoms with Crippen LogP contribution < -0.4 is 9.47 Å². The Morgan fingerprint density at radius 3 is 2.60 bits per heavy atom. The van der Waals surface area contributed by atoms with E-state index in [0.29, 0.717) is 15.5 Å². The minimum Gasteiger partial charge on any atom is -0.618 e. The fourth-order valence-electron chi connectivity index (χ4n) is 2.46. The van der Waals surface area contributed by atoms with Crippen molar-refractivity contribution in [3.8, 4) is 5.75 Å². The lowest BCUT2D eigenvalue weighted by Gasteiger charge is -2.14. The van der Waals surface area contributed by atoms with E-state index in [4.69, 9.17) is 4.74 Å². The minimum atomic E-state index is -0.833. The molecule has 3 aromatic rings. The van der Waals surface area contributed by atoms with E-state index in [0.717, 1.165) is 11.8 Å². The average molecular weight is 406 g/mol. The van der Waals surface area contributed by atoms with Crippen LogP contribution in [-0.2, 0) is 11.3 Å². The molecule has 128 valence electrons. The summed E-state index contributed by atoms with van der Waals surface area (Å²) in [6.07, 6.45) is 1.12. The molecule has 0 radical (unpaired) electrons. The Bertz CT molecular complexity index is 947. The molecule has 5 nitrogen and oxygen atoms in total. The van der Waals surface area contributed by atoms with Crippen LogP contribution in [0.4, 0.5) is 4.39 Å². The molecule has 0 spiro atoms. The van der Waals surface area contributed by atoms with Crippen LogP contribution in [0.1, 0.15) is 16.1 Å². The van der Waals surface area contributed by atoms with Gasteiger partial charge in [-0.1, -0.05) is 30.3 Å². The van der Waals surface area contributed by atoms with Crippen molar-refractivity contribution in [3.63, 3.8) is 0 Å². The number of fused-ring (bicyclic) bond motifs is 1. The van der Waals surface area contributed by atoms with Crippen LogP contribution >= 0.6 is 15.9 Å². The molecular weight excluding hydrogens is 393 g/mol. The van der Waals surface area contributed by atoms with Gasteiger partial charge in [0, 0.05) is 5.39 Å². The second kappa shape index (κ2) is 7.06. The lowest BCUT2D eigenvalue weighted by Crippen LogP contribution is -2.35. The summed E-state index contributed by atoms with van der Waals surface area (Å²) < 4.78 is 24.7. The standard InChI is InChI=1S/C18H13BrFNO4/c1-24-18(22)16-17(25-10-11-5-3-2-4-6-11)12-7-8-14(20)15(19)13(12)9-21(16)23/h2-9H,10H2,1H3. The Morgan fingerprint density at radius 2 is 1.92 bits per heavy atom. The zero-order valence-corrected chi connectivity index (χ0v) is 14.7. The van der Waals surface area contributed by atoms with Gasteiger partial charge in [-0.05, 0) is 33.6 Å². The van der Waals surface area contributed by atoms with Gasteiger partial charge in [-0.3, -0.25) is 0 Å². The third-order valence-corrected chi connectivity index (χ3v) is 4.47. The number of pyridine rings is 1. The average Bonchev–Trinajstić information content (AvgIpc) is 2.63. The first-order valence-corrected chi connectivity index (χ1v) is 8.11. The molecule has 0 saturated carbocycles. The molecule has 0 bridgehead atoms. The number of aromatic nitrogens is 1. The number of hydrogen-bond donors (Lipinski definition) is 0. The molecule has 0 atom stereocenters. The first kappa shape index (κ1) is 17.2. The number of ether oxygens (including phenoxy) is 2. The Morgan fingerprint density at radius 1 is 1.20 bits per heavy atom. The molecule has 1 aromatic heterocycles. The van der Waals surface area contributed by atoms with E-state index in [9.17, 15) is 14.4 Å². The summed E-state index contributed by atoms with van der Waals surface area (Å²) in [6.45, 7) is 0.138. The van der Waals surface area contributed by atoms with E-state index in [1.165, 1.54) is 19.2 Å². The van der Waals surface area contributed by atoms with Crippen LogP contribution in [0.15, 0.2) is 53.1 Å². The highest BCUT2D eigenvalue weighted by Gasteiger charge is 2.28. The first-order chi connectivity index (χ1) is 12.0. The lowest BCUT2D eigenvalue weighted by atomic mass is 10.1. The number of nitrogens with zero attached hydrogens (tertiary/aromatic N) is 1. The van der Waals surface area contributed by atoms with Crippen molar-refractivity contribution in [2.75, 3.05) is 7.11 Å². The smallest absolute Gasteiger partial charge is 0.408 e. The number of hydrogen-bond acceptors (Lipinski definition) is 4. The quantitative estimate of drug-likeness (QED) is 0.376. The van der Waals surface area contributed by atoms with Crippen LogP contribution in [0.5, 0.6) is 5.75 Å². The van der Waals surface area contributed by atoms with E-state index in [-0.39, 0.29) is 22.5 Å². The number of rotatable bonds is 4. The molecule has 1 heterocycles. The van der Waals surface area contributed by atoms with Gasteiger partial charge in [-0.25, -0.2) is 9.18 Å². The molecule has 0 N–H and O–H groups in total. The van der Waals surface area contributed by atoms with E-state index in [2.05, 4.69) is 20.7 Å². The van der Waals surface area contributed by atoms with Crippen LogP contribution in [-0.4, -0.2) is 13.1 Å². The number of carbonyl (C=O) groups excluding carboxylic acids is 1. The molecule has 0 aliphatic carbocycles. The van der Waals surface area contributed by atoms with Crippen LogP contribution in [0.25, 0.3) is 10.8 Å². The van der Waals surface area contributed by atoms with Crippen molar-refractivity contribution >= 4 is 32.7 Å². The van der Waals surface area contributed by atoms with Gasteiger partial charge in [0.25, 0.3) is 0 Å². The largest absolute Gasteiger partial charge is 0.618 e. The van der Waals surface area contributed by atoms with Gasteiger partial charge in [-0.2, -0.15) is 4.73 Å². The lowest BCUT2D eigenvalue weighted by molar-refractivity contribution is -0.607. The summed E-state index contributed by atoms with van der Waals surface area (Å²) >= 11 is 3.12. The van der Waals surface area contributed by atoms with Crippen LogP contribution in [0, 0.1) is 11.0 Å². The molecule has 7 heteroatoms. The minimum absolute atomic E-state index is 0.0453. The normalized spacial score (nSPS) is 10.7. The van der Waals surface area contributed by atoms with Gasteiger partial charge < -0.3 is 14.7 Å². The number of benzene rings is 2. The number of carbonyl (C=O) groups is 1. The predicted octanol–water partition coefficient (Wildman–Crippen LogP) is 3.74. The van der Waals surface area contributed by atoms with Gasteiger partial charge in [0.1, 0.15) is 12.4 Å². The molecule has 0 unspecified atom stereocenters. The van der Waals surface area contributed by atoms with Gasteiger partial charge in [0.05, 0.1) is 17.0 Å². The molecule has 2 aromatic carbocycles. The third kappa shape index (κ3) is 3.28. The number of methoxy groups -OCH3 is 1. The highest BCUT2D eigenvalue weighted by Crippen LogP contribution is 2.34. The fraction of sp³-hybridized carbons (Fsp3) is 0.111. The molecule has 0 amide bonds. The van der Waals surface area contributed by atoms with Crippen LogP contribution in [0.3, 0.4) is 0 Å². The maximum absolute atomic E-state index is 13.8. The van der Waals surface area contributed by atoms with E-state index in [1.54, 1.807) is 0 Å². The van der Waals surface area contributed by atoms with Crippen molar-refractivity contribution in [1.29, 1.82) is 0 Å². The summed E-state index contributed by atoms with van der Waals surface area (Å²) in [6, 6.07) is 12.0. The Kier molecular flexibility index (Phi) is 4.85. The fourth-order valence-corrected chi connectivity index (χ4v) is 2.90. The van der Waals surface area contributed by atoms with Gasteiger partial charge in [-0.15, -0.1) is 0 Å². The monoisotopic (exact) mass is 405 g/mol. The van der Waals surface area contributed by atoms with Gasteiger partial charge in [0.2, 0.25) is 5.75 Å². The summed E-state index contributed by atoms with van der Waals surface area (Å²) in [5.41, 5.74) is 0.568. The highest BCUT2D eigenvalue weighted by atomic mass is 79.9. The zero-order chi connectivity index (χ0) is 18.0. The molecule has 0 saturated heterocycles. The summed E-state index contributed by atoms with van der Waals surface area (Å²) in [5.74, 6) is -1.31. The van der Waals surface area contributed by atoms with Crippen LogP contribution in [0.2, 0.25) is 0 Å². The van der Waals surface area contributed by atoms with Crippen molar-refractivity contribution < 1.29 is 23.4 Å². The highest BCUT2D eigenvalue weighted by molar-refractivity contribution is 9.10. The topological polar surface area (TPSA) is 62.5 Å². The van der Waals surface area contributed by atoms with Crippen molar-refractivity contribution in [2.45, 2.75) is 6.61 Å². The van der Waals surface area contributed by atoms with Crippen molar-refractivity contribution in [2.24, 2.45) is 0 Å². The maximum atomic E-state index is 13.8. The van der Waals surface area contributed by atoms with Crippen molar-refractivity contribution in [1.82, 2.24) is 0 Å². The summed E-state index contributed by atoms with van der Waals surface area (Å²) in [5, 5.41) is 13.0. The van der Waals surface area contributed by atoms with Crippen molar-refractivity contribution in [3.05, 3.63) is 75.4 Å². The zero-order valence-electron chi connectivity index (χ0n) is 13.2. The first-order valence-electron chi connectivity index (χ1n) is 7.32.